The van der Waals surface area contributed by atoms with E-state index in [0.29, 0.717) is 5.56 Å². The Morgan fingerprint density at radius 3 is 2.31 bits per heavy atom. The molecular formula is C19H14Cl3FN2O. The number of rotatable bonds is 4. The smallest absolute Gasteiger partial charge is 0.253 e. The first-order chi connectivity index (χ1) is 12.4. The average Bonchev–Trinajstić information content (AvgIpc) is 2.61. The van der Waals surface area contributed by atoms with Gasteiger partial charge in [0.2, 0.25) is 3.79 Å². The van der Waals surface area contributed by atoms with E-state index in [9.17, 15) is 9.18 Å². The maximum Gasteiger partial charge on any atom is 0.253 e. The Bertz CT molecular complexity index is 938. The summed E-state index contributed by atoms with van der Waals surface area (Å²) in [4.78, 5) is 12.8. The molecule has 2 N–H and O–H groups in total. The second-order valence-electron chi connectivity index (χ2n) is 5.60. The van der Waals surface area contributed by atoms with Gasteiger partial charge in [0.05, 0.1) is 5.69 Å². The lowest BCUT2D eigenvalue weighted by atomic mass is 10.0. The minimum Gasteiger partial charge on any atom is -0.359 e. The lowest BCUT2D eigenvalue weighted by molar-refractivity contribution is 0.0943. The topological polar surface area (TPSA) is 41.1 Å². The van der Waals surface area contributed by atoms with Gasteiger partial charge in [0.25, 0.3) is 5.91 Å². The summed E-state index contributed by atoms with van der Waals surface area (Å²) in [5.41, 5.74) is 0.541. The maximum atomic E-state index is 13.9. The van der Waals surface area contributed by atoms with Crippen LogP contribution in [0.15, 0.2) is 66.7 Å². The minimum absolute atomic E-state index is 0.113. The van der Waals surface area contributed by atoms with E-state index in [2.05, 4.69) is 10.6 Å². The van der Waals surface area contributed by atoms with Crippen molar-refractivity contribution in [2.45, 2.75) is 9.96 Å². The fraction of sp³-hybridized carbons (Fsp3) is 0.105. The highest BCUT2D eigenvalue weighted by Gasteiger charge is 2.35. The zero-order valence-electron chi connectivity index (χ0n) is 13.3. The molecule has 0 unspecified atom stereocenters. The number of halogens is 4. The number of amides is 1. The molecule has 3 aromatic rings. The quantitative estimate of drug-likeness (QED) is 0.438. The zero-order chi connectivity index (χ0) is 18.7. The molecule has 3 rings (SSSR count). The highest BCUT2D eigenvalue weighted by molar-refractivity contribution is 6.68. The number of benzene rings is 3. The number of carbonyl (C=O) groups excluding carboxylic acids is 1. The van der Waals surface area contributed by atoms with Crippen molar-refractivity contribution in [3.63, 3.8) is 0 Å². The van der Waals surface area contributed by atoms with Gasteiger partial charge in [-0.25, -0.2) is 4.39 Å². The number of anilines is 1. The lowest BCUT2D eigenvalue weighted by Gasteiger charge is -2.27. The molecular weight excluding hydrogens is 398 g/mol. The third-order valence-electron chi connectivity index (χ3n) is 3.81. The molecule has 0 aliphatic rings. The van der Waals surface area contributed by atoms with Gasteiger partial charge in [-0.05, 0) is 29.0 Å². The first kappa shape index (κ1) is 18.8. The van der Waals surface area contributed by atoms with Crippen molar-refractivity contribution in [2.75, 3.05) is 5.32 Å². The molecule has 3 nitrogen and oxygen atoms in total. The summed E-state index contributed by atoms with van der Waals surface area (Å²) in [5.74, 6) is -0.965. The van der Waals surface area contributed by atoms with Gasteiger partial charge in [0, 0.05) is 5.56 Å². The van der Waals surface area contributed by atoms with Crippen molar-refractivity contribution >= 4 is 57.2 Å². The Labute approximate surface area is 165 Å². The van der Waals surface area contributed by atoms with Crippen LogP contribution in [0.1, 0.15) is 10.4 Å². The van der Waals surface area contributed by atoms with Crippen LogP contribution in [0.4, 0.5) is 10.1 Å². The third kappa shape index (κ3) is 4.21. The van der Waals surface area contributed by atoms with Crippen LogP contribution in [0.2, 0.25) is 0 Å². The van der Waals surface area contributed by atoms with E-state index in [1.165, 1.54) is 12.1 Å². The van der Waals surface area contributed by atoms with Crippen molar-refractivity contribution in [2.24, 2.45) is 0 Å². The van der Waals surface area contributed by atoms with E-state index in [0.717, 1.165) is 10.8 Å². The highest BCUT2D eigenvalue weighted by atomic mass is 35.6. The Balaban J connectivity index is 1.89. The summed E-state index contributed by atoms with van der Waals surface area (Å²) in [6, 6.07) is 18.7. The van der Waals surface area contributed by atoms with Gasteiger partial charge in [0.1, 0.15) is 12.0 Å². The van der Waals surface area contributed by atoms with Gasteiger partial charge in [-0.3, -0.25) is 4.79 Å². The van der Waals surface area contributed by atoms with Gasteiger partial charge in [-0.15, -0.1) is 0 Å². The average molecular weight is 412 g/mol. The first-order valence-electron chi connectivity index (χ1n) is 7.72. The lowest BCUT2D eigenvalue weighted by Crippen LogP contribution is -2.49. The van der Waals surface area contributed by atoms with Gasteiger partial charge >= 0.3 is 0 Å². The molecule has 1 atom stereocenters. The van der Waals surface area contributed by atoms with Gasteiger partial charge in [-0.1, -0.05) is 83.3 Å². The van der Waals surface area contributed by atoms with Crippen molar-refractivity contribution in [1.29, 1.82) is 0 Å². The Hall–Kier alpha value is -2.01. The maximum absolute atomic E-state index is 13.9. The van der Waals surface area contributed by atoms with Crippen molar-refractivity contribution in [1.82, 2.24) is 5.32 Å². The predicted octanol–water partition coefficient (Wildman–Crippen LogP) is 5.52. The van der Waals surface area contributed by atoms with Crippen molar-refractivity contribution in [3.8, 4) is 0 Å². The second kappa shape index (κ2) is 7.70. The molecule has 0 fully saturated rings. The predicted molar refractivity (Wildman–Crippen MR) is 106 cm³/mol. The number of alkyl halides is 3. The molecule has 0 aliphatic carbocycles. The standard InChI is InChI=1S/C19H14Cl3FN2O/c20-19(21,22)18(24-16-11-4-3-10-15(16)23)25-17(26)14-9-5-7-12-6-1-2-8-13(12)14/h1-11,18,24H,(H,25,26)/t18-/m0/s1. The molecule has 0 saturated carbocycles. The van der Waals surface area contributed by atoms with Crippen LogP contribution < -0.4 is 10.6 Å². The first-order valence-corrected chi connectivity index (χ1v) is 8.86. The van der Waals surface area contributed by atoms with E-state index in [-0.39, 0.29) is 5.69 Å². The molecule has 1 amide bonds. The van der Waals surface area contributed by atoms with Crippen LogP contribution in [-0.2, 0) is 0 Å². The summed E-state index contributed by atoms with van der Waals surface area (Å²) in [6.07, 6.45) is -1.14. The van der Waals surface area contributed by atoms with Crippen LogP contribution in [0.25, 0.3) is 10.8 Å². The van der Waals surface area contributed by atoms with Crippen LogP contribution in [0, 0.1) is 5.82 Å². The largest absolute Gasteiger partial charge is 0.359 e. The molecule has 0 heterocycles. The molecule has 0 aromatic heterocycles. The fourth-order valence-electron chi connectivity index (χ4n) is 2.57. The molecule has 0 spiro atoms. The summed E-state index contributed by atoms with van der Waals surface area (Å²) in [5, 5.41) is 7.04. The number of hydrogen-bond acceptors (Lipinski definition) is 2. The van der Waals surface area contributed by atoms with E-state index in [4.69, 9.17) is 34.8 Å². The van der Waals surface area contributed by atoms with Crippen molar-refractivity contribution < 1.29 is 9.18 Å². The number of nitrogens with one attached hydrogen (secondary N) is 2. The number of para-hydroxylation sites is 1. The van der Waals surface area contributed by atoms with E-state index in [1.807, 2.05) is 30.3 Å². The Morgan fingerprint density at radius 1 is 0.923 bits per heavy atom. The second-order valence-corrected chi connectivity index (χ2v) is 7.97. The van der Waals surface area contributed by atoms with E-state index < -0.39 is 21.7 Å². The number of carbonyl (C=O) groups is 1. The normalized spacial score (nSPS) is 12.6. The summed E-state index contributed by atoms with van der Waals surface area (Å²) in [7, 11) is 0. The number of hydrogen-bond donors (Lipinski definition) is 2. The third-order valence-corrected chi connectivity index (χ3v) is 4.47. The van der Waals surface area contributed by atoms with Gasteiger partial charge in [-0.2, -0.15) is 0 Å². The Kier molecular flexibility index (Phi) is 5.56. The SMILES string of the molecule is O=C(N[C@H](Nc1ccccc1F)C(Cl)(Cl)Cl)c1cccc2ccccc12. The fourth-order valence-corrected chi connectivity index (χ4v) is 2.89. The molecule has 26 heavy (non-hydrogen) atoms. The van der Waals surface area contributed by atoms with Crippen molar-refractivity contribution in [3.05, 3.63) is 78.1 Å². The highest BCUT2D eigenvalue weighted by Crippen LogP contribution is 2.32. The summed E-state index contributed by atoms with van der Waals surface area (Å²) >= 11 is 17.9. The van der Waals surface area contributed by atoms with Crippen LogP contribution in [-0.4, -0.2) is 15.9 Å². The van der Waals surface area contributed by atoms with Crippen LogP contribution in [0.5, 0.6) is 0 Å². The van der Waals surface area contributed by atoms with Gasteiger partial charge < -0.3 is 10.6 Å². The summed E-state index contributed by atoms with van der Waals surface area (Å²) < 4.78 is 12.0. The van der Waals surface area contributed by atoms with E-state index >= 15 is 0 Å². The minimum atomic E-state index is -1.90. The van der Waals surface area contributed by atoms with Crippen LogP contribution >= 0.6 is 34.8 Å². The van der Waals surface area contributed by atoms with Crippen LogP contribution in [0.3, 0.4) is 0 Å². The zero-order valence-corrected chi connectivity index (χ0v) is 15.6. The Morgan fingerprint density at radius 2 is 1.58 bits per heavy atom. The number of fused-ring (bicyclic) bond motifs is 1. The molecule has 134 valence electrons. The molecule has 0 radical (unpaired) electrons. The monoisotopic (exact) mass is 410 g/mol. The van der Waals surface area contributed by atoms with E-state index in [1.54, 1.807) is 24.3 Å². The molecule has 0 saturated heterocycles. The molecule has 0 aliphatic heterocycles. The molecule has 7 heteroatoms. The molecule has 0 bridgehead atoms. The summed E-state index contributed by atoms with van der Waals surface area (Å²) in [6.45, 7) is 0. The molecule has 3 aromatic carbocycles. The van der Waals surface area contributed by atoms with Gasteiger partial charge in [0.15, 0.2) is 0 Å².